The van der Waals surface area contributed by atoms with Crippen LogP contribution in [0.2, 0.25) is 0 Å². The van der Waals surface area contributed by atoms with Crippen molar-refractivity contribution in [3.05, 3.63) is 53.2 Å². The number of aryl methyl sites for hydroxylation is 1. The van der Waals surface area contributed by atoms with Gasteiger partial charge in [-0.15, -0.1) is 0 Å². The van der Waals surface area contributed by atoms with Crippen molar-refractivity contribution in [1.29, 1.82) is 0 Å². The molecule has 2 rings (SSSR count). The molecule has 0 aliphatic rings. The highest BCUT2D eigenvalue weighted by atomic mass is 16.5. The summed E-state index contributed by atoms with van der Waals surface area (Å²) >= 11 is 0. The molecule has 0 fully saturated rings. The summed E-state index contributed by atoms with van der Waals surface area (Å²) in [5.74, 6) is 1.58. The normalized spacial score (nSPS) is 10.8. The molecule has 100 valence electrons. The molecule has 0 saturated carbocycles. The van der Waals surface area contributed by atoms with Gasteiger partial charge in [0.05, 0.1) is 6.61 Å². The minimum absolute atomic E-state index is 0.00744. The molecule has 3 nitrogen and oxygen atoms in total. The van der Waals surface area contributed by atoms with E-state index < -0.39 is 0 Å². The molecule has 0 bridgehead atoms. The number of aliphatic hydroxyl groups is 1. The van der Waals surface area contributed by atoms with Crippen LogP contribution in [0.4, 0.5) is 0 Å². The fraction of sp³-hybridized carbons (Fsp3) is 0.312. The van der Waals surface area contributed by atoms with E-state index in [1.54, 1.807) is 6.07 Å². The number of ether oxygens (including phenoxy) is 1. The van der Waals surface area contributed by atoms with Crippen LogP contribution in [-0.2, 0) is 6.61 Å². The molecule has 0 aliphatic heterocycles. The lowest BCUT2D eigenvalue weighted by Crippen LogP contribution is -1.98. The Labute approximate surface area is 113 Å². The van der Waals surface area contributed by atoms with E-state index in [0.29, 0.717) is 11.8 Å². The number of benzene rings is 1. The Morgan fingerprint density at radius 1 is 1.16 bits per heavy atom. The first kappa shape index (κ1) is 13.6. The molecule has 0 saturated heterocycles. The van der Waals surface area contributed by atoms with E-state index in [-0.39, 0.29) is 6.61 Å². The van der Waals surface area contributed by atoms with Crippen molar-refractivity contribution in [3.63, 3.8) is 0 Å². The van der Waals surface area contributed by atoms with Crippen molar-refractivity contribution < 1.29 is 9.84 Å². The first-order valence-corrected chi connectivity index (χ1v) is 6.44. The Balaban J connectivity index is 2.28. The second-order valence-corrected chi connectivity index (χ2v) is 4.97. The van der Waals surface area contributed by atoms with E-state index >= 15 is 0 Å². The zero-order valence-corrected chi connectivity index (χ0v) is 11.6. The number of rotatable bonds is 4. The average molecular weight is 257 g/mol. The summed E-state index contributed by atoms with van der Waals surface area (Å²) in [7, 11) is 0. The van der Waals surface area contributed by atoms with Gasteiger partial charge in [-0.05, 0) is 36.6 Å². The van der Waals surface area contributed by atoms with Gasteiger partial charge in [0.2, 0.25) is 5.88 Å². The molecular formula is C16H19NO2. The summed E-state index contributed by atoms with van der Waals surface area (Å²) in [6.07, 6.45) is 0. The van der Waals surface area contributed by atoms with Gasteiger partial charge in [0.1, 0.15) is 5.75 Å². The van der Waals surface area contributed by atoms with Gasteiger partial charge >= 0.3 is 0 Å². The van der Waals surface area contributed by atoms with Crippen LogP contribution in [0.15, 0.2) is 36.4 Å². The Kier molecular flexibility index (Phi) is 4.17. The maximum absolute atomic E-state index is 9.29. The second kappa shape index (κ2) is 5.85. The zero-order chi connectivity index (χ0) is 13.8. The largest absolute Gasteiger partial charge is 0.439 e. The van der Waals surface area contributed by atoms with Gasteiger partial charge in [-0.1, -0.05) is 31.5 Å². The van der Waals surface area contributed by atoms with Crippen molar-refractivity contribution in [2.75, 3.05) is 0 Å². The van der Waals surface area contributed by atoms with E-state index in [9.17, 15) is 5.11 Å². The van der Waals surface area contributed by atoms with Crippen LogP contribution in [0.3, 0.4) is 0 Å². The zero-order valence-electron chi connectivity index (χ0n) is 11.6. The van der Waals surface area contributed by atoms with E-state index in [0.717, 1.165) is 17.0 Å². The molecule has 2 aromatic rings. The van der Waals surface area contributed by atoms with Crippen molar-refractivity contribution in [3.8, 4) is 11.6 Å². The molecule has 1 N–H and O–H groups in total. The Morgan fingerprint density at radius 2 is 1.84 bits per heavy atom. The van der Waals surface area contributed by atoms with E-state index in [4.69, 9.17) is 4.74 Å². The summed E-state index contributed by atoms with van der Waals surface area (Å²) in [6.45, 7) is 6.16. The highest BCUT2D eigenvalue weighted by Crippen LogP contribution is 2.24. The maximum Gasteiger partial charge on any atom is 0.219 e. The molecule has 0 spiro atoms. The van der Waals surface area contributed by atoms with Crippen LogP contribution in [-0.4, -0.2) is 10.1 Å². The number of nitrogens with zero attached hydrogens (tertiary/aromatic N) is 1. The fourth-order valence-electron chi connectivity index (χ4n) is 1.75. The van der Waals surface area contributed by atoms with Crippen molar-refractivity contribution in [2.45, 2.75) is 33.3 Å². The lowest BCUT2D eigenvalue weighted by molar-refractivity contribution is 0.280. The number of aliphatic hydroxyl groups excluding tert-OH is 1. The molecule has 1 aromatic heterocycles. The SMILES string of the molecule is Cc1ccc(Oc2cc(CO)cc(C(C)C)n2)cc1. The van der Waals surface area contributed by atoms with Crippen LogP contribution in [0.25, 0.3) is 0 Å². The molecule has 1 heterocycles. The molecule has 0 atom stereocenters. The van der Waals surface area contributed by atoms with Crippen LogP contribution < -0.4 is 4.74 Å². The minimum Gasteiger partial charge on any atom is -0.439 e. The van der Waals surface area contributed by atoms with Gasteiger partial charge < -0.3 is 9.84 Å². The summed E-state index contributed by atoms with van der Waals surface area (Å²) < 4.78 is 5.74. The third-order valence-corrected chi connectivity index (χ3v) is 2.90. The highest BCUT2D eigenvalue weighted by molar-refractivity contribution is 5.32. The molecular weight excluding hydrogens is 238 g/mol. The first-order valence-electron chi connectivity index (χ1n) is 6.44. The molecule has 19 heavy (non-hydrogen) atoms. The van der Waals surface area contributed by atoms with Crippen LogP contribution in [0, 0.1) is 6.92 Å². The lowest BCUT2D eigenvalue weighted by atomic mass is 10.1. The molecule has 0 radical (unpaired) electrons. The third-order valence-electron chi connectivity index (χ3n) is 2.90. The Morgan fingerprint density at radius 3 is 2.42 bits per heavy atom. The molecule has 0 aliphatic carbocycles. The predicted molar refractivity (Wildman–Crippen MR) is 75.5 cm³/mol. The summed E-state index contributed by atoms with van der Waals surface area (Å²) in [4.78, 5) is 4.47. The van der Waals surface area contributed by atoms with E-state index in [1.807, 2.05) is 37.3 Å². The third kappa shape index (κ3) is 3.55. The predicted octanol–water partition coefficient (Wildman–Crippen LogP) is 3.80. The minimum atomic E-state index is -0.00744. The highest BCUT2D eigenvalue weighted by Gasteiger charge is 2.07. The number of hydrogen-bond donors (Lipinski definition) is 1. The number of hydrogen-bond acceptors (Lipinski definition) is 3. The number of aromatic nitrogens is 1. The van der Waals surface area contributed by atoms with E-state index in [2.05, 4.69) is 18.8 Å². The summed E-state index contributed by atoms with van der Waals surface area (Å²) in [5, 5.41) is 9.29. The van der Waals surface area contributed by atoms with Crippen LogP contribution >= 0.6 is 0 Å². The van der Waals surface area contributed by atoms with Crippen molar-refractivity contribution in [2.24, 2.45) is 0 Å². The van der Waals surface area contributed by atoms with Gasteiger partial charge in [0.25, 0.3) is 0 Å². The summed E-state index contributed by atoms with van der Waals surface area (Å²) in [5.41, 5.74) is 2.93. The second-order valence-electron chi connectivity index (χ2n) is 4.97. The van der Waals surface area contributed by atoms with Crippen molar-refractivity contribution in [1.82, 2.24) is 4.98 Å². The van der Waals surface area contributed by atoms with Gasteiger partial charge in [-0.3, -0.25) is 0 Å². The standard InChI is InChI=1S/C16H19NO2/c1-11(2)15-8-13(10-18)9-16(17-15)19-14-6-4-12(3)5-7-14/h4-9,11,18H,10H2,1-3H3. The fourth-order valence-corrected chi connectivity index (χ4v) is 1.75. The van der Waals surface area contributed by atoms with Gasteiger partial charge in [0, 0.05) is 11.8 Å². The first-order chi connectivity index (χ1) is 9.08. The quantitative estimate of drug-likeness (QED) is 0.906. The Bertz CT molecular complexity index is 547. The van der Waals surface area contributed by atoms with Crippen LogP contribution in [0.1, 0.15) is 36.6 Å². The molecule has 0 amide bonds. The molecule has 3 heteroatoms. The summed E-state index contributed by atoms with van der Waals surface area (Å²) in [6, 6.07) is 11.5. The molecule has 0 unspecified atom stereocenters. The van der Waals surface area contributed by atoms with Crippen molar-refractivity contribution >= 4 is 0 Å². The topological polar surface area (TPSA) is 42.4 Å². The average Bonchev–Trinajstić information content (AvgIpc) is 2.41. The van der Waals surface area contributed by atoms with Crippen LogP contribution in [0.5, 0.6) is 11.6 Å². The van der Waals surface area contributed by atoms with Gasteiger partial charge in [-0.25, -0.2) is 4.98 Å². The number of pyridine rings is 1. The molecule has 1 aromatic carbocycles. The van der Waals surface area contributed by atoms with E-state index in [1.165, 1.54) is 5.56 Å². The Hall–Kier alpha value is -1.87. The van der Waals surface area contributed by atoms with Gasteiger partial charge in [-0.2, -0.15) is 0 Å². The maximum atomic E-state index is 9.29. The van der Waals surface area contributed by atoms with Gasteiger partial charge in [0.15, 0.2) is 0 Å². The monoisotopic (exact) mass is 257 g/mol. The smallest absolute Gasteiger partial charge is 0.219 e. The lowest BCUT2D eigenvalue weighted by Gasteiger charge is -2.11.